The van der Waals surface area contributed by atoms with Crippen LogP contribution in [-0.4, -0.2) is 80.9 Å². The number of ether oxygens (including phenoxy) is 2. The van der Waals surface area contributed by atoms with Crippen molar-refractivity contribution in [3.8, 4) is 0 Å². The fourth-order valence-electron chi connectivity index (χ4n) is 6.32. The number of aryl methyl sites for hydroxylation is 2. The van der Waals surface area contributed by atoms with Gasteiger partial charge in [-0.15, -0.1) is 0 Å². The first-order valence-corrected chi connectivity index (χ1v) is 20.7. The predicted molar refractivity (Wildman–Crippen MR) is 212 cm³/mol. The molecule has 2 aromatic heterocycles. The van der Waals surface area contributed by atoms with E-state index in [0.717, 1.165) is 47.4 Å². The second kappa shape index (κ2) is 18.2. The lowest BCUT2D eigenvalue weighted by atomic mass is 10.0. The Labute approximate surface area is 334 Å². The fourth-order valence-corrected chi connectivity index (χ4v) is 6.96. The maximum atomic E-state index is 13.2. The number of carbonyl (C=O) groups excluding carboxylic acids is 2. The molecule has 6 rings (SSSR count). The fraction of sp³-hybridized carbons (Fsp3) is 0.512. The SMILES string of the molecule is CC(OS(C)(=O)=O)c1ccc(F)cc1.Cc1[nH]nc2c1CCN(C(=O)OC(C)(C)C)C2.Cc1nn(C(C)c2ccc(F)cc2)c2c1CCN(C(=O)OC(C)(C)C)C2. The Morgan fingerprint density at radius 1 is 0.772 bits per heavy atom. The molecule has 0 spiro atoms. The third kappa shape index (κ3) is 13.1. The van der Waals surface area contributed by atoms with Gasteiger partial charge in [0.05, 0.1) is 48.6 Å². The number of nitrogens with zero attached hydrogens (tertiary/aromatic N) is 5. The second-order valence-corrected chi connectivity index (χ2v) is 17.9. The van der Waals surface area contributed by atoms with E-state index >= 15 is 0 Å². The van der Waals surface area contributed by atoms with E-state index in [-0.39, 0.29) is 29.9 Å². The van der Waals surface area contributed by atoms with Crippen LogP contribution < -0.4 is 0 Å². The van der Waals surface area contributed by atoms with Gasteiger partial charge in [-0.25, -0.2) is 18.4 Å². The minimum Gasteiger partial charge on any atom is -0.444 e. The molecule has 0 aliphatic carbocycles. The monoisotopic (exact) mass is 814 g/mol. The van der Waals surface area contributed by atoms with Crippen molar-refractivity contribution in [3.63, 3.8) is 0 Å². The Morgan fingerprint density at radius 3 is 1.74 bits per heavy atom. The predicted octanol–water partition coefficient (Wildman–Crippen LogP) is 8.11. The van der Waals surface area contributed by atoms with Crippen LogP contribution in [-0.2, 0) is 49.7 Å². The summed E-state index contributed by atoms with van der Waals surface area (Å²) in [6.07, 6.45) is 1.43. The first-order chi connectivity index (χ1) is 26.4. The quantitative estimate of drug-likeness (QED) is 0.197. The van der Waals surface area contributed by atoms with E-state index in [1.165, 1.54) is 47.5 Å². The smallest absolute Gasteiger partial charge is 0.410 e. The van der Waals surface area contributed by atoms with Crippen LogP contribution in [0.5, 0.6) is 0 Å². The van der Waals surface area contributed by atoms with Crippen LogP contribution in [0.3, 0.4) is 0 Å². The molecule has 0 fully saturated rings. The third-order valence-electron chi connectivity index (χ3n) is 9.10. The molecule has 2 aliphatic heterocycles. The standard InChI is InChI=1S/C20H26FN3O2.C12H19N3O2.C9H11FO3S/c1-13-17-10-11-23(19(25)26-20(3,4)5)12-18(17)24(22-13)14(2)15-6-8-16(21)9-7-15;1-8-9-5-6-15(7-10(9)14-13-8)11(16)17-12(2,3)4;1-7(13-14(2,11)12)8-3-5-9(10)6-4-8/h6-9,14H,10-12H2,1-5H3;5-7H2,1-4H3,(H,13,14);3-7H,1-2H3. The molecule has 0 bridgehead atoms. The molecule has 2 aromatic carbocycles. The van der Waals surface area contributed by atoms with Crippen molar-refractivity contribution < 1.29 is 40.4 Å². The summed E-state index contributed by atoms with van der Waals surface area (Å²) < 4.78 is 64.9. The first-order valence-electron chi connectivity index (χ1n) is 18.9. The summed E-state index contributed by atoms with van der Waals surface area (Å²) in [5.41, 5.74) is 7.14. The number of fused-ring (bicyclic) bond motifs is 2. The molecule has 2 aliphatic rings. The molecule has 4 heterocycles. The van der Waals surface area contributed by atoms with Crippen LogP contribution in [0.4, 0.5) is 18.4 Å². The summed E-state index contributed by atoms with van der Waals surface area (Å²) in [6, 6.07) is 11.9. The molecule has 4 aromatic rings. The molecule has 312 valence electrons. The number of rotatable bonds is 5. The highest BCUT2D eigenvalue weighted by molar-refractivity contribution is 7.86. The summed E-state index contributed by atoms with van der Waals surface area (Å²) in [6.45, 7) is 21.2. The zero-order valence-electron chi connectivity index (χ0n) is 34.8. The molecular weight excluding hydrogens is 759 g/mol. The third-order valence-corrected chi connectivity index (χ3v) is 9.74. The summed E-state index contributed by atoms with van der Waals surface area (Å²) in [7, 11) is -3.48. The van der Waals surface area contributed by atoms with E-state index in [1.807, 2.05) is 67.0 Å². The Morgan fingerprint density at radius 2 is 1.25 bits per heavy atom. The van der Waals surface area contributed by atoms with E-state index in [4.69, 9.17) is 18.8 Å². The summed E-state index contributed by atoms with van der Waals surface area (Å²) in [5.74, 6) is -0.615. The zero-order chi connectivity index (χ0) is 42.5. The van der Waals surface area contributed by atoms with Crippen molar-refractivity contribution in [2.75, 3.05) is 19.3 Å². The number of hydrogen-bond acceptors (Lipinski definition) is 9. The number of nitrogens with one attached hydrogen (secondary N) is 1. The van der Waals surface area contributed by atoms with Crippen molar-refractivity contribution in [1.82, 2.24) is 29.8 Å². The molecule has 2 unspecified atom stereocenters. The number of halogens is 2. The van der Waals surface area contributed by atoms with Crippen LogP contribution >= 0.6 is 0 Å². The van der Waals surface area contributed by atoms with Gasteiger partial charge in [-0.2, -0.15) is 18.6 Å². The van der Waals surface area contributed by atoms with Crippen LogP contribution in [0.2, 0.25) is 0 Å². The molecule has 1 N–H and O–H groups in total. The molecule has 57 heavy (non-hydrogen) atoms. The normalized spacial score (nSPS) is 15.2. The van der Waals surface area contributed by atoms with Crippen LogP contribution in [0.1, 0.15) is 113 Å². The van der Waals surface area contributed by atoms with Gasteiger partial charge in [0.25, 0.3) is 10.1 Å². The Balaban J connectivity index is 0.000000201. The van der Waals surface area contributed by atoms with Gasteiger partial charge in [-0.1, -0.05) is 24.3 Å². The highest BCUT2D eigenvalue weighted by atomic mass is 32.2. The lowest BCUT2D eigenvalue weighted by Crippen LogP contribution is -2.40. The van der Waals surface area contributed by atoms with E-state index in [9.17, 15) is 26.8 Å². The molecular formula is C41H56F2N6O7S. The molecule has 16 heteroatoms. The van der Waals surface area contributed by atoms with Crippen molar-refractivity contribution in [3.05, 3.63) is 105 Å². The number of aromatic nitrogens is 4. The minimum atomic E-state index is -3.48. The van der Waals surface area contributed by atoms with Gasteiger partial charge < -0.3 is 19.3 Å². The van der Waals surface area contributed by atoms with Crippen molar-refractivity contribution >= 4 is 22.3 Å². The summed E-state index contributed by atoms with van der Waals surface area (Å²) >= 11 is 0. The van der Waals surface area contributed by atoms with Gasteiger partial charge in [0.1, 0.15) is 22.8 Å². The zero-order valence-corrected chi connectivity index (χ0v) is 35.6. The molecule has 0 radical (unpaired) electrons. The van der Waals surface area contributed by atoms with Gasteiger partial charge in [0, 0.05) is 18.8 Å². The average Bonchev–Trinajstić information content (AvgIpc) is 3.65. The van der Waals surface area contributed by atoms with E-state index in [0.29, 0.717) is 31.7 Å². The lowest BCUT2D eigenvalue weighted by Gasteiger charge is -2.31. The van der Waals surface area contributed by atoms with Gasteiger partial charge in [0.2, 0.25) is 0 Å². The highest BCUT2D eigenvalue weighted by Gasteiger charge is 2.31. The average molecular weight is 815 g/mol. The lowest BCUT2D eigenvalue weighted by molar-refractivity contribution is 0.0209. The number of carbonyl (C=O) groups is 2. The Hall–Kier alpha value is -4.83. The number of hydrogen-bond donors (Lipinski definition) is 1. The van der Waals surface area contributed by atoms with Gasteiger partial charge in [0.15, 0.2) is 0 Å². The first kappa shape index (κ1) is 44.9. The number of benzene rings is 2. The molecule has 2 atom stereocenters. The molecule has 0 saturated heterocycles. The van der Waals surface area contributed by atoms with Crippen molar-refractivity contribution in [2.45, 2.75) is 119 Å². The van der Waals surface area contributed by atoms with Crippen LogP contribution in [0.25, 0.3) is 0 Å². The molecule has 13 nitrogen and oxygen atoms in total. The number of amides is 2. The summed E-state index contributed by atoms with van der Waals surface area (Å²) in [4.78, 5) is 27.8. The Bertz CT molecular complexity index is 2100. The van der Waals surface area contributed by atoms with Gasteiger partial charge in [-0.05, 0) is 129 Å². The largest absolute Gasteiger partial charge is 0.444 e. The van der Waals surface area contributed by atoms with E-state index in [1.54, 1.807) is 28.9 Å². The van der Waals surface area contributed by atoms with Crippen molar-refractivity contribution in [1.29, 1.82) is 0 Å². The maximum absolute atomic E-state index is 13.2. The van der Waals surface area contributed by atoms with E-state index < -0.39 is 27.4 Å². The number of aromatic amines is 1. The maximum Gasteiger partial charge on any atom is 0.410 e. The second-order valence-electron chi connectivity index (χ2n) is 16.3. The van der Waals surface area contributed by atoms with Crippen LogP contribution in [0, 0.1) is 25.5 Å². The topological polar surface area (TPSA) is 149 Å². The van der Waals surface area contributed by atoms with E-state index in [2.05, 4.69) is 10.2 Å². The van der Waals surface area contributed by atoms with Gasteiger partial charge in [-0.3, -0.25) is 14.0 Å². The highest BCUT2D eigenvalue weighted by Crippen LogP contribution is 2.29. The molecule has 2 amide bonds. The van der Waals surface area contributed by atoms with Gasteiger partial charge >= 0.3 is 12.2 Å². The Kier molecular flexibility index (Phi) is 14.3. The molecule has 0 saturated carbocycles. The minimum absolute atomic E-state index is 0.0448. The van der Waals surface area contributed by atoms with Crippen molar-refractivity contribution in [2.24, 2.45) is 0 Å². The summed E-state index contributed by atoms with van der Waals surface area (Å²) in [5, 5.41) is 11.9. The van der Waals surface area contributed by atoms with Crippen LogP contribution in [0.15, 0.2) is 48.5 Å². The number of H-pyrrole nitrogens is 1.